The van der Waals surface area contributed by atoms with Gasteiger partial charge in [0.2, 0.25) is 0 Å². The van der Waals surface area contributed by atoms with Crippen LogP contribution >= 0.6 is 0 Å². The molecule has 3 aromatic rings. The zero-order valence-electron chi connectivity index (χ0n) is 13.8. The van der Waals surface area contributed by atoms with Crippen molar-refractivity contribution < 1.29 is 9.84 Å². The highest BCUT2D eigenvalue weighted by Crippen LogP contribution is 2.29. The molecule has 0 unspecified atom stereocenters. The molecule has 0 amide bonds. The molecule has 0 spiro atoms. The van der Waals surface area contributed by atoms with Gasteiger partial charge in [0.25, 0.3) is 0 Å². The number of methoxy groups -OCH3 is 1. The third-order valence-electron chi connectivity index (χ3n) is 3.03. The molecule has 4 heteroatoms. The second-order valence-corrected chi connectivity index (χ2v) is 4.49. The molecule has 4 nitrogen and oxygen atoms in total. The van der Waals surface area contributed by atoms with Gasteiger partial charge in [0.05, 0.1) is 7.11 Å². The van der Waals surface area contributed by atoms with E-state index in [0.717, 1.165) is 22.2 Å². The number of anilines is 2. The van der Waals surface area contributed by atoms with Crippen molar-refractivity contribution in [1.29, 1.82) is 0 Å². The lowest BCUT2D eigenvalue weighted by Gasteiger charge is -2.06. The first-order valence-electron chi connectivity index (χ1n) is 7.47. The number of phenols is 1. The fourth-order valence-electron chi connectivity index (χ4n) is 1.95. The van der Waals surface area contributed by atoms with E-state index in [4.69, 9.17) is 21.3 Å². The molecule has 122 valence electrons. The predicted octanol–water partition coefficient (Wildman–Crippen LogP) is 4.43. The second-order valence-electron chi connectivity index (χ2n) is 4.49. The van der Waals surface area contributed by atoms with Crippen LogP contribution in [0.2, 0.25) is 0 Å². The summed E-state index contributed by atoms with van der Waals surface area (Å²) in [7, 11) is 1.66. The van der Waals surface area contributed by atoms with Gasteiger partial charge in [-0.05, 0) is 36.4 Å². The summed E-state index contributed by atoms with van der Waals surface area (Å²) in [5.74, 6) is 1.11. The summed E-state index contributed by atoms with van der Waals surface area (Å²) in [6, 6.07) is 18.1. The first-order chi connectivity index (χ1) is 11.1. The zero-order chi connectivity index (χ0) is 17.2. The van der Waals surface area contributed by atoms with Gasteiger partial charge in [-0.25, -0.2) is 0 Å². The van der Waals surface area contributed by atoms with Crippen LogP contribution in [0.15, 0.2) is 60.7 Å². The molecule has 0 radical (unpaired) electrons. The lowest BCUT2D eigenvalue weighted by atomic mass is 10.1. The fourth-order valence-corrected chi connectivity index (χ4v) is 1.95. The second kappa shape index (κ2) is 9.20. The number of fused-ring (bicyclic) bond motifs is 1. The largest absolute Gasteiger partial charge is 0.508 e. The Hall–Kier alpha value is -2.88. The lowest BCUT2D eigenvalue weighted by molar-refractivity contribution is 0.420. The molecule has 0 fully saturated rings. The summed E-state index contributed by atoms with van der Waals surface area (Å²) in [5.41, 5.74) is 12.6. The highest BCUT2D eigenvalue weighted by molar-refractivity contribution is 5.96. The molecule has 0 heterocycles. The molecule has 23 heavy (non-hydrogen) atoms. The summed E-state index contributed by atoms with van der Waals surface area (Å²) >= 11 is 0. The number of aromatic hydroxyl groups is 1. The van der Waals surface area contributed by atoms with Crippen LogP contribution in [0, 0.1) is 0 Å². The summed E-state index contributed by atoms with van der Waals surface area (Å²) in [4.78, 5) is 0. The Kier molecular flexibility index (Phi) is 7.27. The summed E-state index contributed by atoms with van der Waals surface area (Å²) in [6.45, 7) is 4.00. The predicted molar refractivity (Wildman–Crippen MR) is 98.8 cm³/mol. The fraction of sp³-hybridized carbons (Fsp3) is 0.158. The number of hydrogen-bond acceptors (Lipinski definition) is 4. The lowest BCUT2D eigenvalue weighted by Crippen LogP contribution is -1.89. The van der Waals surface area contributed by atoms with Gasteiger partial charge < -0.3 is 21.3 Å². The minimum absolute atomic E-state index is 0.249. The SMILES string of the molecule is CC.COc1ccc(N)c2ccccc12.Nc1ccc(O)cc1. The van der Waals surface area contributed by atoms with Crippen LogP contribution in [0.3, 0.4) is 0 Å². The van der Waals surface area contributed by atoms with Gasteiger partial charge in [-0.15, -0.1) is 0 Å². The Morgan fingerprint density at radius 3 is 1.87 bits per heavy atom. The van der Waals surface area contributed by atoms with Gasteiger partial charge >= 0.3 is 0 Å². The van der Waals surface area contributed by atoms with E-state index in [1.165, 1.54) is 0 Å². The quantitative estimate of drug-likeness (QED) is 0.458. The summed E-state index contributed by atoms with van der Waals surface area (Å²) in [5, 5.41) is 10.8. The topological polar surface area (TPSA) is 81.5 Å². The van der Waals surface area contributed by atoms with Gasteiger partial charge in [0, 0.05) is 22.1 Å². The van der Waals surface area contributed by atoms with Crippen molar-refractivity contribution in [3.63, 3.8) is 0 Å². The summed E-state index contributed by atoms with van der Waals surface area (Å²) in [6.07, 6.45) is 0. The highest BCUT2D eigenvalue weighted by atomic mass is 16.5. The molecular weight excluding hydrogens is 288 g/mol. The molecule has 0 aromatic heterocycles. The average Bonchev–Trinajstić information content (AvgIpc) is 2.61. The zero-order valence-corrected chi connectivity index (χ0v) is 13.8. The van der Waals surface area contributed by atoms with Crippen LogP contribution in [0.1, 0.15) is 13.8 Å². The Morgan fingerprint density at radius 2 is 1.35 bits per heavy atom. The number of ether oxygens (including phenoxy) is 1. The normalized spacial score (nSPS) is 9.17. The Morgan fingerprint density at radius 1 is 0.783 bits per heavy atom. The molecule has 3 aromatic carbocycles. The number of hydrogen-bond donors (Lipinski definition) is 3. The van der Waals surface area contributed by atoms with Crippen LogP contribution in [0.5, 0.6) is 11.5 Å². The molecule has 0 aliphatic carbocycles. The van der Waals surface area contributed by atoms with Crippen molar-refractivity contribution >= 4 is 22.1 Å². The van der Waals surface area contributed by atoms with Gasteiger partial charge in [0.15, 0.2) is 0 Å². The molecule has 0 saturated carbocycles. The number of benzene rings is 3. The van der Waals surface area contributed by atoms with Crippen LogP contribution in [-0.4, -0.2) is 12.2 Å². The molecule has 0 aliphatic rings. The molecule has 0 aliphatic heterocycles. The Bertz CT molecular complexity index is 704. The van der Waals surface area contributed by atoms with E-state index < -0.39 is 0 Å². The van der Waals surface area contributed by atoms with Gasteiger partial charge in [-0.2, -0.15) is 0 Å². The van der Waals surface area contributed by atoms with Crippen molar-refractivity contribution in [2.45, 2.75) is 13.8 Å². The number of nitrogens with two attached hydrogens (primary N) is 2. The molecule has 0 saturated heterocycles. The van der Waals surface area contributed by atoms with E-state index in [-0.39, 0.29) is 5.75 Å². The van der Waals surface area contributed by atoms with E-state index in [2.05, 4.69) is 0 Å². The minimum atomic E-state index is 0.249. The Balaban J connectivity index is 0.000000228. The van der Waals surface area contributed by atoms with E-state index in [0.29, 0.717) is 5.69 Å². The number of rotatable bonds is 1. The smallest absolute Gasteiger partial charge is 0.126 e. The third-order valence-corrected chi connectivity index (χ3v) is 3.03. The van der Waals surface area contributed by atoms with E-state index in [1.807, 2.05) is 50.2 Å². The van der Waals surface area contributed by atoms with Crippen molar-refractivity contribution in [2.75, 3.05) is 18.6 Å². The molecule has 5 N–H and O–H groups in total. The molecule has 0 atom stereocenters. The first kappa shape index (κ1) is 18.2. The standard InChI is InChI=1S/C11H11NO.C6H7NO.C2H6/c1-13-11-7-6-10(12)8-4-2-3-5-9(8)11;7-5-1-3-6(8)4-2-5;1-2/h2-7H,12H2,1H3;1-4,8H,7H2;1-2H3. The van der Waals surface area contributed by atoms with Crippen LogP contribution < -0.4 is 16.2 Å². The monoisotopic (exact) mass is 312 g/mol. The van der Waals surface area contributed by atoms with Gasteiger partial charge in [-0.1, -0.05) is 38.1 Å². The maximum Gasteiger partial charge on any atom is 0.126 e. The average molecular weight is 312 g/mol. The van der Waals surface area contributed by atoms with Crippen LogP contribution in [-0.2, 0) is 0 Å². The van der Waals surface area contributed by atoms with Gasteiger partial charge in [0.1, 0.15) is 11.5 Å². The van der Waals surface area contributed by atoms with Crippen molar-refractivity contribution in [3.05, 3.63) is 60.7 Å². The maximum absolute atomic E-state index is 8.70. The van der Waals surface area contributed by atoms with Crippen LogP contribution in [0.4, 0.5) is 11.4 Å². The highest BCUT2D eigenvalue weighted by Gasteiger charge is 2.01. The number of phenolic OH excluding ortho intramolecular Hbond substituents is 1. The van der Waals surface area contributed by atoms with Crippen LogP contribution in [0.25, 0.3) is 10.8 Å². The minimum Gasteiger partial charge on any atom is -0.508 e. The van der Waals surface area contributed by atoms with E-state index in [1.54, 1.807) is 31.4 Å². The maximum atomic E-state index is 8.70. The molecule has 0 bridgehead atoms. The van der Waals surface area contributed by atoms with E-state index >= 15 is 0 Å². The van der Waals surface area contributed by atoms with Crippen molar-refractivity contribution in [1.82, 2.24) is 0 Å². The van der Waals surface area contributed by atoms with Crippen molar-refractivity contribution in [2.24, 2.45) is 0 Å². The van der Waals surface area contributed by atoms with Crippen molar-refractivity contribution in [3.8, 4) is 11.5 Å². The molecule has 3 rings (SSSR count). The number of nitrogen functional groups attached to an aromatic ring is 2. The summed E-state index contributed by atoms with van der Waals surface area (Å²) < 4.78 is 5.23. The van der Waals surface area contributed by atoms with E-state index in [9.17, 15) is 0 Å². The van der Waals surface area contributed by atoms with Gasteiger partial charge in [-0.3, -0.25) is 0 Å². The molecular formula is C19H24N2O2. The Labute approximate surface area is 137 Å². The third kappa shape index (κ3) is 5.11. The first-order valence-corrected chi connectivity index (χ1v) is 7.47.